The molecule has 0 saturated heterocycles. The maximum absolute atomic E-state index is 12.8. The summed E-state index contributed by atoms with van der Waals surface area (Å²) in [4.78, 5) is 23.3. The molecule has 0 spiro atoms. The lowest BCUT2D eigenvalue weighted by Crippen LogP contribution is -2.30. The van der Waals surface area contributed by atoms with Gasteiger partial charge in [0.25, 0.3) is 0 Å². The molecule has 0 aliphatic carbocycles. The first kappa shape index (κ1) is 15.5. The fourth-order valence-corrected chi connectivity index (χ4v) is 1.62. The van der Waals surface area contributed by atoms with Crippen LogP contribution in [0.1, 0.15) is 11.3 Å². The van der Waals surface area contributed by atoms with Gasteiger partial charge in [0.05, 0.1) is 11.3 Å². The molecule has 0 bridgehead atoms. The molecule has 22 heavy (non-hydrogen) atoms. The van der Waals surface area contributed by atoms with Gasteiger partial charge in [-0.05, 0) is 19.1 Å². The van der Waals surface area contributed by atoms with Crippen LogP contribution in [0.3, 0.4) is 0 Å². The number of nitrogens with one attached hydrogen (secondary N) is 2. The number of alkyl halides is 3. The number of hydrogen-bond acceptors (Lipinski definition) is 4. The molecule has 2 aromatic rings. The minimum Gasteiger partial charge on any atom is -0.360 e. The molecule has 6 nitrogen and oxygen atoms in total. The fraction of sp³-hybridized carbons (Fsp3) is 0.154. The Kier molecular flexibility index (Phi) is 4.15. The Labute approximate surface area is 122 Å². The number of amides is 2. The smallest absolute Gasteiger partial charge is 0.360 e. The summed E-state index contributed by atoms with van der Waals surface area (Å²) in [5.74, 6) is -2.03. The number of carbonyl (C=O) groups excluding carboxylic acids is 2. The van der Waals surface area contributed by atoms with Gasteiger partial charge in [-0.1, -0.05) is 17.3 Å². The second-order valence-corrected chi connectivity index (χ2v) is 4.27. The molecule has 0 aliphatic rings. The number of benzene rings is 1. The molecular formula is C13H10F3N3O3. The second-order valence-electron chi connectivity index (χ2n) is 4.27. The van der Waals surface area contributed by atoms with Gasteiger partial charge in [0, 0.05) is 6.07 Å². The van der Waals surface area contributed by atoms with Crippen LogP contribution < -0.4 is 10.6 Å². The van der Waals surface area contributed by atoms with E-state index in [1.807, 2.05) is 5.32 Å². The zero-order chi connectivity index (χ0) is 16.3. The largest absolute Gasteiger partial charge is 0.418 e. The van der Waals surface area contributed by atoms with Crippen LogP contribution in [0.4, 0.5) is 24.7 Å². The Balaban J connectivity index is 2.10. The molecule has 0 atom stereocenters. The van der Waals surface area contributed by atoms with Crippen molar-refractivity contribution in [3.8, 4) is 0 Å². The van der Waals surface area contributed by atoms with Gasteiger partial charge in [0.1, 0.15) is 5.76 Å². The van der Waals surface area contributed by atoms with E-state index < -0.39 is 29.2 Å². The third kappa shape index (κ3) is 3.62. The zero-order valence-corrected chi connectivity index (χ0v) is 11.2. The number of nitrogens with zero attached hydrogens (tertiary/aromatic N) is 1. The van der Waals surface area contributed by atoms with Gasteiger partial charge < -0.3 is 9.84 Å². The van der Waals surface area contributed by atoms with Crippen LogP contribution in [-0.2, 0) is 15.8 Å². The van der Waals surface area contributed by atoms with E-state index in [0.29, 0.717) is 5.76 Å². The van der Waals surface area contributed by atoms with Crippen molar-refractivity contribution >= 4 is 23.3 Å². The number of aryl methyl sites for hydroxylation is 1. The highest BCUT2D eigenvalue weighted by Crippen LogP contribution is 2.34. The van der Waals surface area contributed by atoms with Crippen molar-refractivity contribution in [1.82, 2.24) is 5.16 Å². The fourth-order valence-electron chi connectivity index (χ4n) is 1.62. The highest BCUT2D eigenvalue weighted by Gasteiger charge is 2.34. The van der Waals surface area contributed by atoms with Gasteiger partial charge in [-0.3, -0.25) is 14.9 Å². The summed E-state index contributed by atoms with van der Waals surface area (Å²) in [6.45, 7) is 1.57. The molecule has 1 aromatic carbocycles. The van der Waals surface area contributed by atoms with Crippen molar-refractivity contribution in [2.75, 3.05) is 10.6 Å². The molecule has 0 unspecified atom stereocenters. The number of carbonyl (C=O) groups is 2. The van der Waals surface area contributed by atoms with Crippen LogP contribution in [0.25, 0.3) is 0 Å². The van der Waals surface area contributed by atoms with Crippen molar-refractivity contribution in [2.24, 2.45) is 0 Å². The molecule has 1 aromatic heterocycles. The molecule has 0 radical (unpaired) electrons. The molecule has 2 N–H and O–H groups in total. The highest BCUT2D eigenvalue weighted by atomic mass is 19.4. The lowest BCUT2D eigenvalue weighted by atomic mass is 10.1. The van der Waals surface area contributed by atoms with Gasteiger partial charge in [-0.25, -0.2) is 0 Å². The molecule has 0 fully saturated rings. The normalized spacial score (nSPS) is 11.1. The average Bonchev–Trinajstić information content (AvgIpc) is 2.83. The summed E-state index contributed by atoms with van der Waals surface area (Å²) in [7, 11) is 0. The Bertz CT molecular complexity index is 710. The zero-order valence-electron chi connectivity index (χ0n) is 11.2. The summed E-state index contributed by atoms with van der Waals surface area (Å²) < 4.78 is 43.0. The predicted molar refractivity (Wildman–Crippen MR) is 69.9 cm³/mol. The molecule has 0 aliphatic heterocycles. The third-order valence-corrected chi connectivity index (χ3v) is 2.56. The van der Waals surface area contributed by atoms with E-state index >= 15 is 0 Å². The third-order valence-electron chi connectivity index (χ3n) is 2.56. The van der Waals surface area contributed by atoms with E-state index in [4.69, 9.17) is 0 Å². The molecule has 1 heterocycles. The molecule has 0 saturated carbocycles. The molecule has 2 amide bonds. The first-order valence-corrected chi connectivity index (χ1v) is 5.99. The van der Waals surface area contributed by atoms with E-state index in [0.717, 1.165) is 12.1 Å². The van der Waals surface area contributed by atoms with Crippen molar-refractivity contribution in [1.29, 1.82) is 0 Å². The van der Waals surface area contributed by atoms with Crippen molar-refractivity contribution in [2.45, 2.75) is 13.1 Å². The molecule has 116 valence electrons. The van der Waals surface area contributed by atoms with Gasteiger partial charge in [0.15, 0.2) is 5.82 Å². The minimum atomic E-state index is -4.65. The Hall–Kier alpha value is -2.84. The topological polar surface area (TPSA) is 84.2 Å². The standard InChI is InChI=1S/C13H10F3N3O3/c1-7-6-10(19-22-7)18-12(21)11(20)17-9-5-3-2-4-8(9)13(14,15)16/h2-6H,1H3,(H,17,20)(H,18,19,21). The molecular weight excluding hydrogens is 303 g/mol. The van der Waals surface area contributed by atoms with Crippen molar-refractivity contribution < 1.29 is 27.3 Å². The second kappa shape index (κ2) is 5.88. The number of halogens is 3. The maximum Gasteiger partial charge on any atom is 0.418 e. The van der Waals surface area contributed by atoms with Crippen LogP contribution >= 0.6 is 0 Å². The molecule has 9 heteroatoms. The number of rotatable bonds is 2. The highest BCUT2D eigenvalue weighted by molar-refractivity contribution is 6.43. The Morgan fingerprint density at radius 3 is 2.36 bits per heavy atom. The van der Waals surface area contributed by atoms with Crippen LogP contribution in [0.2, 0.25) is 0 Å². The van der Waals surface area contributed by atoms with Crippen LogP contribution in [-0.4, -0.2) is 17.0 Å². The first-order valence-electron chi connectivity index (χ1n) is 5.99. The van der Waals surface area contributed by atoms with E-state index in [1.165, 1.54) is 18.2 Å². The summed E-state index contributed by atoms with van der Waals surface area (Å²) >= 11 is 0. The van der Waals surface area contributed by atoms with Gasteiger partial charge in [-0.15, -0.1) is 0 Å². The van der Waals surface area contributed by atoms with Crippen LogP contribution in [0, 0.1) is 6.92 Å². The van der Waals surface area contributed by atoms with Crippen molar-refractivity contribution in [3.63, 3.8) is 0 Å². The van der Waals surface area contributed by atoms with E-state index in [1.54, 1.807) is 6.92 Å². The number of anilines is 2. The summed E-state index contributed by atoms with van der Waals surface area (Å²) in [6, 6.07) is 5.69. The summed E-state index contributed by atoms with van der Waals surface area (Å²) in [6.07, 6.45) is -4.65. The number of aromatic nitrogens is 1. The first-order chi connectivity index (χ1) is 10.3. The molecule has 2 rings (SSSR count). The maximum atomic E-state index is 12.8. The van der Waals surface area contributed by atoms with Gasteiger partial charge in [-0.2, -0.15) is 13.2 Å². The summed E-state index contributed by atoms with van der Waals surface area (Å²) in [5.41, 5.74) is -1.56. The van der Waals surface area contributed by atoms with E-state index in [9.17, 15) is 22.8 Å². The van der Waals surface area contributed by atoms with Gasteiger partial charge >= 0.3 is 18.0 Å². The monoisotopic (exact) mass is 313 g/mol. The van der Waals surface area contributed by atoms with Crippen LogP contribution in [0.15, 0.2) is 34.9 Å². The predicted octanol–water partition coefficient (Wildman–Crippen LogP) is 2.58. The SMILES string of the molecule is Cc1cc(NC(=O)C(=O)Nc2ccccc2C(F)(F)F)no1. The van der Waals surface area contributed by atoms with E-state index in [2.05, 4.69) is 15.0 Å². The quantitative estimate of drug-likeness (QED) is 0.835. The Morgan fingerprint density at radius 1 is 1.14 bits per heavy atom. The Morgan fingerprint density at radius 2 is 1.77 bits per heavy atom. The number of para-hydroxylation sites is 1. The van der Waals surface area contributed by atoms with Crippen LogP contribution in [0.5, 0.6) is 0 Å². The van der Waals surface area contributed by atoms with E-state index in [-0.39, 0.29) is 5.82 Å². The van der Waals surface area contributed by atoms with Crippen molar-refractivity contribution in [3.05, 3.63) is 41.7 Å². The minimum absolute atomic E-state index is 0.0123. The summed E-state index contributed by atoms with van der Waals surface area (Å²) in [5, 5.41) is 7.45. The average molecular weight is 313 g/mol. The number of hydrogen-bond donors (Lipinski definition) is 2. The lowest BCUT2D eigenvalue weighted by Gasteiger charge is -2.12. The van der Waals surface area contributed by atoms with Gasteiger partial charge in [0.2, 0.25) is 0 Å². The lowest BCUT2D eigenvalue weighted by molar-refractivity contribution is -0.137.